The van der Waals surface area contributed by atoms with Crippen LogP contribution in [0.5, 0.6) is 5.75 Å². The first-order chi connectivity index (χ1) is 13.1. The lowest BCUT2D eigenvalue weighted by atomic mass is 9.96. The summed E-state index contributed by atoms with van der Waals surface area (Å²) in [5.41, 5.74) is 5.93. The Balaban J connectivity index is 1.66. The molecule has 0 saturated carbocycles. The minimum atomic E-state index is 0.417. The first kappa shape index (κ1) is 18.1. The number of rotatable bonds is 5. The van der Waals surface area contributed by atoms with Crippen LogP contribution in [-0.4, -0.2) is 29.7 Å². The first-order valence-corrected chi connectivity index (χ1v) is 10.0. The maximum atomic E-state index is 6.16. The van der Waals surface area contributed by atoms with Crippen LogP contribution >= 0.6 is 0 Å². The van der Waals surface area contributed by atoms with Gasteiger partial charge in [-0.2, -0.15) is 0 Å². The second kappa shape index (κ2) is 7.73. The topological polar surface area (TPSA) is 49.9 Å². The van der Waals surface area contributed by atoms with Gasteiger partial charge in [0.1, 0.15) is 5.75 Å². The van der Waals surface area contributed by atoms with Crippen LogP contribution in [0, 0.1) is 12.8 Å². The highest BCUT2D eigenvalue weighted by atomic mass is 16.5. The summed E-state index contributed by atoms with van der Waals surface area (Å²) in [5.74, 6) is 1.99. The minimum absolute atomic E-state index is 0.417. The second-order valence-corrected chi connectivity index (χ2v) is 7.99. The number of ether oxygens (including phenoxy) is 1. The fourth-order valence-electron chi connectivity index (χ4n) is 4.09. The number of hydrogen-bond donors (Lipinski definition) is 2. The third-order valence-corrected chi connectivity index (χ3v) is 5.46. The molecule has 4 nitrogen and oxygen atoms in total. The van der Waals surface area contributed by atoms with Crippen molar-refractivity contribution < 1.29 is 4.74 Å². The zero-order chi connectivity index (χ0) is 18.8. The summed E-state index contributed by atoms with van der Waals surface area (Å²) in [7, 11) is 0. The van der Waals surface area contributed by atoms with Crippen molar-refractivity contribution in [3.8, 4) is 17.0 Å². The molecule has 0 radical (unpaired) electrons. The van der Waals surface area contributed by atoms with Gasteiger partial charge >= 0.3 is 0 Å². The Kier molecular flexibility index (Phi) is 5.17. The fourth-order valence-corrected chi connectivity index (χ4v) is 4.09. The van der Waals surface area contributed by atoms with E-state index in [-0.39, 0.29) is 0 Å². The highest BCUT2D eigenvalue weighted by molar-refractivity contribution is 5.92. The van der Waals surface area contributed by atoms with Gasteiger partial charge in [0, 0.05) is 40.8 Å². The number of nitrogens with one attached hydrogen (secondary N) is 2. The number of aromatic amines is 1. The van der Waals surface area contributed by atoms with Crippen LogP contribution in [0.1, 0.15) is 43.9 Å². The van der Waals surface area contributed by atoms with Gasteiger partial charge in [0.15, 0.2) is 0 Å². The van der Waals surface area contributed by atoms with Crippen LogP contribution in [0.2, 0.25) is 0 Å². The van der Waals surface area contributed by atoms with E-state index in [4.69, 9.17) is 4.74 Å². The smallest absolute Gasteiger partial charge is 0.120 e. The zero-order valence-electron chi connectivity index (χ0n) is 16.5. The molecular weight excluding hydrogens is 334 g/mol. The van der Waals surface area contributed by atoms with Gasteiger partial charge in [-0.05, 0) is 68.1 Å². The average Bonchev–Trinajstić information content (AvgIpc) is 3.06. The SMILES string of the molecule is Cc1cc(-c2[nH]c3ccc(OCC4CCCNC4)cc3c2C(C)C)ccn1. The van der Waals surface area contributed by atoms with E-state index in [1.54, 1.807) is 0 Å². The van der Waals surface area contributed by atoms with E-state index < -0.39 is 0 Å². The van der Waals surface area contributed by atoms with Crippen molar-refractivity contribution >= 4 is 10.9 Å². The Morgan fingerprint density at radius 3 is 2.85 bits per heavy atom. The lowest BCUT2D eigenvalue weighted by Gasteiger charge is -2.22. The molecule has 2 N–H and O–H groups in total. The van der Waals surface area contributed by atoms with Crippen LogP contribution in [0.15, 0.2) is 36.5 Å². The molecule has 1 atom stereocenters. The van der Waals surface area contributed by atoms with Crippen molar-refractivity contribution in [2.24, 2.45) is 5.92 Å². The van der Waals surface area contributed by atoms with E-state index in [0.717, 1.165) is 36.7 Å². The lowest BCUT2D eigenvalue weighted by Crippen LogP contribution is -2.33. The second-order valence-electron chi connectivity index (χ2n) is 7.99. The third kappa shape index (κ3) is 3.86. The molecule has 3 heterocycles. The Hall–Kier alpha value is -2.33. The minimum Gasteiger partial charge on any atom is -0.493 e. The summed E-state index contributed by atoms with van der Waals surface area (Å²) in [5, 5.41) is 4.72. The van der Waals surface area contributed by atoms with Crippen molar-refractivity contribution in [2.75, 3.05) is 19.7 Å². The van der Waals surface area contributed by atoms with Crippen molar-refractivity contribution in [2.45, 2.75) is 39.5 Å². The van der Waals surface area contributed by atoms with Crippen LogP contribution in [0.4, 0.5) is 0 Å². The largest absolute Gasteiger partial charge is 0.493 e. The zero-order valence-corrected chi connectivity index (χ0v) is 16.5. The third-order valence-electron chi connectivity index (χ3n) is 5.46. The molecule has 3 aromatic rings. The number of hydrogen-bond acceptors (Lipinski definition) is 3. The first-order valence-electron chi connectivity index (χ1n) is 10.0. The Morgan fingerprint density at radius 2 is 2.11 bits per heavy atom. The number of H-pyrrole nitrogens is 1. The van der Waals surface area contributed by atoms with Gasteiger partial charge in [-0.3, -0.25) is 4.98 Å². The molecule has 4 rings (SSSR count). The number of aryl methyl sites for hydroxylation is 1. The number of aromatic nitrogens is 2. The van der Waals surface area contributed by atoms with E-state index in [1.807, 2.05) is 13.1 Å². The summed E-state index contributed by atoms with van der Waals surface area (Å²) < 4.78 is 6.16. The van der Waals surface area contributed by atoms with Gasteiger partial charge in [0.05, 0.1) is 12.3 Å². The number of piperidine rings is 1. The summed E-state index contributed by atoms with van der Waals surface area (Å²) in [6, 6.07) is 10.7. The van der Waals surface area contributed by atoms with Crippen LogP contribution in [0.25, 0.3) is 22.2 Å². The van der Waals surface area contributed by atoms with Gasteiger partial charge in [-0.1, -0.05) is 13.8 Å². The predicted octanol–water partition coefficient (Wildman–Crippen LogP) is 5.04. The van der Waals surface area contributed by atoms with Crippen LogP contribution < -0.4 is 10.1 Å². The number of pyridine rings is 1. The normalized spacial score (nSPS) is 17.6. The molecule has 2 aromatic heterocycles. The van der Waals surface area contributed by atoms with Crippen molar-refractivity contribution in [3.05, 3.63) is 47.8 Å². The lowest BCUT2D eigenvalue weighted by molar-refractivity contribution is 0.218. The molecular formula is C23H29N3O. The molecule has 1 aliphatic rings. The number of nitrogens with zero attached hydrogens (tertiary/aromatic N) is 1. The van der Waals surface area contributed by atoms with E-state index >= 15 is 0 Å². The molecule has 142 valence electrons. The van der Waals surface area contributed by atoms with Gasteiger partial charge in [-0.25, -0.2) is 0 Å². The van der Waals surface area contributed by atoms with Crippen LogP contribution in [-0.2, 0) is 0 Å². The van der Waals surface area contributed by atoms with Crippen molar-refractivity contribution in [1.82, 2.24) is 15.3 Å². The summed E-state index contributed by atoms with van der Waals surface area (Å²) >= 11 is 0. The Bertz CT molecular complexity index is 923. The molecule has 27 heavy (non-hydrogen) atoms. The predicted molar refractivity (Wildman–Crippen MR) is 111 cm³/mol. The maximum absolute atomic E-state index is 6.16. The molecule has 1 aromatic carbocycles. The highest BCUT2D eigenvalue weighted by Gasteiger charge is 2.18. The standard InChI is InChI=1S/C23H29N3O/c1-15(2)22-20-12-19(27-14-17-5-4-9-24-13-17)6-7-21(20)26-23(22)18-8-10-25-16(3)11-18/h6-8,10-12,15,17,24,26H,4-5,9,13-14H2,1-3H3. The number of fused-ring (bicyclic) bond motifs is 1. The van der Waals surface area contributed by atoms with Gasteiger partial charge in [0.2, 0.25) is 0 Å². The van der Waals surface area contributed by atoms with Crippen molar-refractivity contribution in [3.63, 3.8) is 0 Å². The molecule has 0 aliphatic carbocycles. The van der Waals surface area contributed by atoms with E-state index in [0.29, 0.717) is 11.8 Å². The van der Waals surface area contributed by atoms with Crippen molar-refractivity contribution in [1.29, 1.82) is 0 Å². The number of benzene rings is 1. The molecule has 0 bridgehead atoms. The van der Waals surface area contributed by atoms with Gasteiger partial charge in [0.25, 0.3) is 0 Å². The van der Waals surface area contributed by atoms with E-state index in [2.05, 4.69) is 59.5 Å². The molecule has 0 amide bonds. The molecule has 4 heteroatoms. The Morgan fingerprint density at radius 1 is 1.22 bits per heavy atom. The quantitative estimate of drug-likeness (QED) is 0.668. The molecule has 1 fully saturated rings. The fraction of sp³-hybridized carbons (Fsp3) is 0.435. The highest BCUT2D eigenvalue weighted by Crippen LogP contribution is 2.37. The molecule has 0 spiro atoms. The summed E-state index contributed by atoms with van der Waals surface area (Å²) in [4.78, 5) is 7.97. The van der Waals surface area contributed by atoms with E-state index in [9.17, 15) is 0 Å². The summed E-state index contributed by atoms with van der Waals surface area (Å²) in [6.45, 7) is 9.53. The average molecular weight is 364 g/mol. The Labute approximate surface area is 161 Å². The molecule has 1 saturated heterocycles. The van der Waals surface area contributed by atoms with Crippen LogP contribution in [0.3, 0.4) is 0 Å². The molecule has 1 unspecified atom stereocenters. The monoisotopic (exact) mass is 363 g/mol. The molecule has 1 aliphatic heterocycles. The van der Waals surface area contributed by atoms with E-state index in [1.165, 1.54) is 35.0 Å². The van der Waals surface area contributed by atoms with Gasteiger partial charge < -0.3 is 15.0 Å². The summed E-state index contributed by atoms with van der Waals surface area (Å²) in [6.07, 6.45) is 4.38. The van der Waals surface area contributed by atoms with Gasteiger partial charge in [-0.15, -0.1) is 0 Å². The maximum Gasteiger partial charge on any atom is 0.120 e.